The molecule has 29 heavy (non-hydrogen) atoms. The molecule has 8 unspecified atom stereocenters. The van der Waals surface area contributed by atoms with Gasteiger partial charge in [-0.1, -0.05) is 20.8 Å². The molecule has 2 bridgehead atoms. The normalized spacial score (nSPS) is 53.7. The summed E-state index contributed by atoms with van der Waals surface area (Å²) in [6, 6.07) is 0. The molecule has 0 aromatic rings. The Bertz CT molecular complexity index is 766. The molecule has 0 aromatic carbocycles. The van der Waals surface area contributed by atoms with Gasteiger partial charge in [-0.3, -0.25) is 4.79 Å². The molecule has 0 aromatic heterocycles. The zero-order valence-electron chi connectivity index (χ0n) is 17.7. The van der Waals surface area contributed by atoms with Crippen LogP contribution in [0.3, 0.4) is 0 Å². The summed E-state index contributed by atoms with van der Waals surface area (Å²) in [6.45, 7) is 8.58. The van der Waals surface area contributed by atoms with Gasteiger partial charge in [0.2, 0.25) is 0 Å². The van der Waals surface area contributed by atoms with Crippen molar-refractivity contribution in [2.24, 2.45) is 22.7 Å². The van der Waals surface area contributed by atoms with Gasteiger partial charge in [-0.15, -0.1) is 0 Å². The third-order valence-electron chi connectivity index (χ3n) is 8.88. The monoisotopic (exact) mass is 623 g/mol. The molecule has 3 fully saturated rings. The average Bonchev–Trinajstić information content (AvgIpc) is 2.60. The third kappa shape index (κ3) is 2.70. The van der Waals surface area contributed by atoms with Crippen LogP contribution in [-0.4, -0.2) is 73.5 Å². The standard InChI is InChI=1S/C21H32O7.Ac/c1-9-11(22)7-21(27)10(2)16-19(5,12(23)6-13-20(16,26)8-28-13)17(25)15(24)14(9)18(21,3)4;/h10-13,15-16,22-24,26-27H,6-8H2,1-5H3;/t10-,11?,12?,13?,15?,16?,19?,20?,21?;/m0./s1. The topological polar surface area (TPSA) is 127 Å². The van der Waals surface area contributed by atoms with Crippen molar-refractivity contribution in [3.05, 3.63) is 11.1 Å². The summed E-state index contributed by atoms with van der Waals surface area (Å²) in [6.07, 6.45) is -4.20. The van der Waals surface area contributed by atoms with E-state index < -0.39 is 64.1 Å². The number of hydrogen-bond acceptors (Lipinski definition) is 7. The number of Topliss-reactive ketones (excluding diaryl/α,β-unsaturated/α-hetero) is 1. The predicted molar refractivity (Wildman–Crippen MR) is 99.1 cm³/mol. The van der Waals surface area contributed by atoms with Gasteiger partial charge in [-0.05, 0) is 30.9 Å². The molecule has 0 spiro atoms. The van der Waals surface area contributed by atoms with Gasteiger partial charge in [0.1, 0.15) is 11.7 Å². The van der Waals surface area contributed by atoms with Crippen molar-refractivity contribution in [2.45, 2.75) is 83.1 Å². The summed E-state index contributed by atoms with van der Waals surface area (Å²) in [4.78, 5) is 13.6. The second kappa shape index (κ2) is 7.05. The van der Waals surface area contributed by atoms with E-state index in [0.717, 1.165) is 0 Å². The van der Waals surface area contributed by atoms with Crippen molar-refractivity contribution in [3.63, 3.8) is 0 Å². The average molecular weight is 623 g/mol. The summed E-state index contributed by atoms with van der Waals surface area (Å²) in [5, 5.41) is 56.1. The van der Waals surface area contributed by atoms with E-state index in [1.54, 1.807) is 34.6 Å². The molecule has 4 rings (SSSR count). The Labute approximate surface area is 207 Å². The van der Waals surface area contributed by atoms with Gasteiger partial charge in [0.15, 0.2) is 5.78 Å². The maximum absolute atomic E-state index is 13.6. The van der Waals surface area contributed by atoms with E-state index in [4.69, 9.17) is 4.74 Å². The van der Waals surface area contributed by atoms with Crippen LogP contribution in [0.2, 0.25) is 0 Å². The summed E-state index contributed by atoms with van der Waals surface area (Å²) < 4.78 is 5.49. The summed E-state index contributed by atoms with van der Waals surface area (Å²) in [7, 11) is 0. The smallest absolute Gasteiger partial charge is 0.174 e. The van der Waals surface area contributed by atoms with Crippen LogP contribution in [0.4, 0.5) is 0 Å². The van der Waals surface area contributed by atoms with Crippen molar-refractivity contribution in [1.29, 1.82) is 0 Å². The fourth-order valence-corrected chi connectivity index (χ4v) is 7.00. The Kier molecular flexibility index (Phi) is 5.90. The number of ketones is 1. The fourth-order valence-electron chi connectivity index (χ4n) is 7.00. The molecular weight excluding hydrogens is 591 g/mol. The zero-order chi connectivity index (χ0) is 21.0. The molecule has 1 heterocycles. The van der Waals surface area contributed by atoms with Crippen LogP contribution in [0, 0.1) is 66.7 Å². The first-order chi connectivity index (χ1) is 12.7. The number of ether oxygens (including phenoxy) is 1. The quantitative estimate of drug-likeness (QED) is 0.239. The van der Waals surface area contributed by atoms with E-state index in [0.29, 0.717) is 11.1 Å². The van der Waals surface area contributed by atoms with Crippen LogP contribution >= 0.6 is 0 Å². The minimum absolute atomic E-state index is 0. The van der Waals surface area contributed by atoms with E-state index in [-0.39, 0.29) is 63.5 Å². The van der Waals surface area contributed by atoms with Gasteiger partial charge in [0.25, 0.3) is 0 Å². The number of carbonyl (C=O) groups is 1. The molecule has 2 saturated carbocycles. The van der Waals surface area contributed by atoms with Crippen LogP contribution in [0.15, 0.2) is 11.1 Å². The predicted octanol–water partition coefficient (Wildman–Crippen LogP) is -0.0785. The molecule has 5 N–H and O–H groups in total. The first-order valence-corrected chi connectivity index (χ1v) is 10.1. The Morgan fingerprint density at radius 3 is 2.21 bits per heavy atom. The van der Waals surface area contributed by atoms with Gasteiger partial charge in [0.05, 0.1) is 35.9 Å². The van der Waals surface area contributed by atoms with Gasteiger partial charge in [-0.25, -0.2) is 0 Å². The minimum atomic E-state index is -1.58. The van der Waals surface area contributed by atoms with Crippen LogP contribution in [-0.2, 0) is 9.53 Å². The van der Waals surface area contributed by atoms with Crippen LogP contribution in [0.1, 0.15) is 47.5 Å². The minimum Gasteiger partial charge on any atom is -0.392 e. The maximum atomic E-state index is 13.6. The van der Waals surface area contributed by atoms with E-state index >= 15 is 0 Å². The number of rotatable bonds is 0. The Balaban J connectivity index is 0.00000240. The molecule has 0 amide bonds. The van der Waals surface area contributed by atoms with Crippen LogP contribution in [0.5, 0.6) is 0 Å². The third-order valence-corrected chi connectivity index (χ3v) is 8.88. The molecule has 161 valence electrons. The molecule has 3 aliphatic carbocycles. The van der Waals surface area contributed by atoms with E-state index in [9.17, 15) is 30.3 Å². The maximum Gasteiger partial charge on any atom is 0.174 e. The molecule has 1 aliphatic heterocycles. The molecule has 1 radical (unpaired) electrons. The van der Waals surface area contributed by atoms with Crippen LogP contribution < -0.4 is 0 Å². The first kappa shape index (κ1) is 24.3. The van der Waals surface area contributed by atoms with Gasteiger partial charge >= 0.3 is 0 Å². The number of fused-ring (bicyclic) bond motifs is 5. The molecular formula is C21H32AcO7. The number of hydrogen-bond donors (Lipinski definition) is 5. The SMILES string of the molecule is CC1=C2C(O)C(=O)C3(C)C(O)CC4OCC4(O)C3[C@H](C)C(O)(CC1O)C2(C)C.[Ac]. The Morgan fingerprint density at radius 2 is 1.69 bits per heavy atom. The molecule has 4 aliphatic rings. The van der Waals surface area contributed by atoms with E-state index in [2.05, 4.69) is 0 Å². The van der Waals surface area contributed by atoms with Crippen LogP contribution in [0.25, 0.3) is 0 Å². The zero-order valence-corrected chi connectivity index (χ0v) is 22.5. The number of aliphatic hydroxyl groups is 5. The van der Waals surface area contributed by atoms with Crippen molar-refractivity contribution in [1.82, 2.24) is 0 Å². The van der Waals surface area contributed by atoms with Gasteiger partial charge in [-0.2, -0.15) is 0 Å². The van der Waals surface area contributed by atoms with Crippen molar-refractivity contribution in [3.8, 4) is 0 Å². The molecule has 8 heteroatoms. The van der Waals surface area contributed by atoms with Crippen molar-refractivity contribution >= 4 is 5.78 Å². The second-order valence-electron chi connectivity index (χ2n) is 10.2. The second-order valence-corrected chi connectivity index (χ2v) is 10.2. The molecule has 9 atom stereocenters. The summed E-state index contributed by atoms with van der Waals surface area (Å²) >= 11 is 0. The van der Waals surface area contributed by atoms with Crippen molar-refractivity contribution in [2.75, 3.05) is 6.61 Å². The summed E-state index contributed by atoms with van der Waals surface area (Å²) in [5.74, 6) is -2.05. The Hall–Kier alpha value is 0.612. The Morgan fingerprint density at radius 1 is 1.10 bits per heavy atom. The van der Waals surface area contributed by atoms with Gasteiger partial charge < -0.3 is 30.3 Å². The molecule has 1 saturated heterocycles. The van der Waals surface area contributed by atoms with Crippen molar-refractivity contribution < 1.29 is 79.1 Å². The first-order valence-electron chi connectivity index (χ1n) is 10.1. The largest absolute Gasteiger partial charge is 0.392 e. The number of carbonyl (C=O) groups excluding carboxylic acids is 1. The van der Waals surface area contributed by atoms with E-state index in [1.165, 1.54) is 0 Å². The van der Waals surface area contributed by atoms with E-state index in [1.807, 2.05) is 0 Å². The van der Waals surface area contributed by atoms with Gasteiger partial charge in [0, 0.05) is 68.2 Å². The summed E-state index contributed by atoms with van der Waals surface area (Å²) in [5.41, 5.74) is -4.54. The number of aliphatic hydroxyl groups excluding tert-OH is 3. The fraction of sp³-hybridized carbons (Fsp3) is 0.857. The molecule has 7 nitrogen and oxygen atoms in total.